The van der Waals surface area contributed by atoms with Crippen molar-refractivity contribution in [1.82, 2.24) is 0 Å². The number of benzene rings is 2. The Morgan fingerprint density at radius 2 is 1.72 bits per heavy atom. The summed E-state index contributed by atoms with van der Waals surface area (Å²) >= 11 is 0. The molecule has 0 saturated carbocycles. The highest BCUT2D eigenvalue weighted by Crippen LogP contribution is 2.33. The Bertz CT molecular complexity index is 1160. The van der Waals surface area contributed by atoms with Gasteiger partial charge in [-0.15, -0.1) is 0 Å². The van der Waals surface area contributed by atoms with E-state index in [0.29, 0.717) is 5.56 Å². The fourth-order valence-electron chi connectivity index (χ4n) is 2.88. The van der Waals surface area contributed by atoms with Gasteiger partial charge in [0.15, 0.2) is 5.70 Å². The lowest BCUT2D eigenvalue weighted by molar-refractivity contribution is -0.137. The summed E-state index contributed by atoms with van der Waals surface area (Å²) in [5, 5.41) is 0. The van der Waals surface area contributed by atoms with Crippen molar-refractivity contribution in [3.63, 3.8) is 0 Å². The lowest BCUT2D eigenvalue weighted by Gasteiger charge is -2.07. The molecule has 0 unspecified atom stereocenters. The number of rotatable bonds is 3. The third-order valence-electron chi connectivity index (χ3n) is 4.27. The average Bonchev–Trinajstić information content (AvgIpc) is 3.29. The van der Waals surface area contributed by atoms with Crippen LogP contribution in [0.1, 0.15) is 22.5 Å². The van der Waals surface area contributed by atoms with E-state index in [9.17, 15) is 18.0 Å². The van der Waals surface area contributed by atoms with E-state index in [4.69, 9.17) is 9.15 Å². The molecule has 4 rings (SSSR count). The highest BCUT2D eigenvalue weighted by molar-refractivity contribution is 6.12. The van der Waals surface area contributed by atoms with Gasteiger partial charge in [0.05, 0.1) is 5.56 Å². The van der Waals surface area contributed by atoms with E-state index >= 15 is 0 Å². The number of ether oxygens (including phenoxy) is 1. The van der Waals surface area contributed by atoms with Gasteiger partial charge in [0.25, 0.3) is 0 Å². The maximum absolute atomic E-state index is 12.9. The molecule has 0 amide bonds. The second kappa shape index (κ2) is 7.09. The molecule has 2 heterocycles. The molecule has 7 heteroatoms. The van der Waals surface area contributed by atoms with Gasteiger partial charge in [0.1, 0.15) is 11.5 Å². The number of esters is 1. The lowest BCUT2D eigenvalue weighted by atomic mass is 10.1. The zero-order valence-corrected chi connectivity index (χ0v) is 15.2. The van der Waals surface area contributed by atoms with Crippen LogP contribution in [0.15, 0.2) is 75.8 Å². The van der Waals surface area contributed by atoms with E-state index in [-0.39, 0.29) is 28.7 Å². The highest BCUT2D eigenvalue weighted by Gasteiger charge is 2.30. The van der Waals surface area contributed by atoms with Gasteiger partial charge < -0.3 is 9.15 Å². The number of carbonyl (C=O) groups is 1. The van der Waals surface area contributed by atoms with Gasteiger partial charge in [-0.25, -0.2) is 9.79 Å². The molecule has 29 heavy (non-hydrogen) atoms. The summed E-state index contributed by atoms with van der Waals surface area (Å²) in [6.07, 6.45) is -3.05. The van der Waals surface area contributed by atoms with Crippen molar-refractivity contribution in [2.24, 2.45) is 4.99 Å². The van der Waals surface area contributed by atoms with E-state index in [1.165, 1.54) is 24.3 Å². The van der Waals surface area contributed by atoms with E-state index in [2.05, 4.69) is 4.99 Å². The van der Waals surface area contributed by atoms with Crippen LogP contribution in [0.3, 0.4) is 0 Å². The smallest absolute Gasteiger partial charge is 0.416 e. The van der Waals surface area contributed by atoms with Crippen LogP contribution in [0.4, 0.5) is 13.2 Å². The summed E-state index contributed by atoms with van der Waals surface area (Å²) in [5.74, 6) is 0.0870. The molecule has 3 aromatic rings. The van der Waals surface area contributed by atoms with Crippen LogP contribution in [-0.2, 0) is 15.7 Å². The molecule has 1 aliphatic rings. The van der Waals surface area contributed by atoms with Crippen molar-refractivity contribution >= 4 is 17.9 Å². The van der Waals surface area contributed by atoms with Gasteiger partial charge in [-0.05, 0) is 43.3 Å². The zero-order valence-electron chi connectivity index (χ0n) is 15.2. The Kier molecular flexibility index (Phi) is 4.58. The lowest BCUT2D eigenvalue weighted by Crippen LogP contribution is -2.05. The van der Waals surface area contributed by atoms with E-state index in [1.807, 2.05) is 25.1 Å². The topological polar surface area (TPSA) is 51.8 Å². The number of aliphatic imine (C=N–C) groups is 1. The molecule has 2 aromatic carbocycles. The molecule has 0 saturated heterocycles. The first-order chi connectivity index (χ1) is 13.8. The number of nitrogens with zero attached hydrogens (tertiary/aromatic N) is 1. The molecule has 4 nitrogen and oxygen atoms in total. The van der Waals surface area contributed by atoms with Crippen LogP contribution < -0.4 is 0 Å². The first-order valence-electron chi connectivity index (χ1n) is 8.67. The molecule has 146 valence electrons. The minimum Gasteiger partial charge on any atom is -0.457 e. The number of halogens is 3. The number of furan rings is 1. The SMILES string of the molecule is Cc1cccc(C2=NC(=Cc3ccc(-c4cccc(C(F)(F)F)c4)o3)C(=O)O2)c1. The van der Waals surface area contributed by atoms with Crippen molar-refractivity contribution in [3.05, 3.63) is 88.8 Å². The number of alkyl halides is 3. The second-order valence-electron chi connectivity index (χ2n) is 6.49. The minimum absolute atomic E-state index is 0.0476. The van der Waals surface area contributed by atoms with Crippen molar-refractivity contribution in [3.8, 4) is 11.3 Å². The molecular weight excluding hydrogens is 383 g/mol. The molecule has 0 atom stereocenters. The summed E-state index contributed by atoms with van der Waals surface area (Å²) in [4.78, 5) is 16.3. The Labute approximate surface area is 164 Å². The predicted molar refractivity (Wildman–Crippen MR) is 101 cm³/mol. The van der Waals surface area contributed by atoms with E-state index < -0.39 is 17.7 Å². The molecular formula is C22H14F3NO3. The maximum Gasteiger partial charge on any atom is 0.416 e. The third-order valence-corrected chi connectivity index (χ3v) is 4.27. The first-order valence-corrected chi connectivity index (χ1v) is 8.67. The van der Waals surface area contributed by atoms with E-state index in [0.717, 1.165) is 17.7 Å². The fourth-order valence-corrected chi connectivity index (χ4v) is 2.88. The van der Waals surface area contributed by atoms with Crippen LogP contribution in [0.2, 0.25) is 0 Å². The van der Waals surface area contributed by atoms with Crippen molar-refractivity contribution in [2.75, 3.05) is 0 Å². The van der Waals surface area contributed by atoms with Gasteiger partial charge >= 0.3 is 12.1 Å². The van der Waals surface area contributed by atoms with Gasteiger partial charge in [0.2, 0.25) is 5.90 Å². The van der Waals surface area contributed by atoms with Gasteiger partial charge in [-0.1, -0.05) is 29.8 Å². The predicted octanol–water partition coefficient (Wildman–Crippen LogP) is 5.62. The first kappa shape index (κ1) is 18.7. The summed E-state index contributed by atoms with van der Waals surface area (Å²) in [5.41, 5.74) is 1.23. The van der Waals surface area contributed by atoms with Crippen molar-refractivity contribution in [1.29, 1.82) is 0 Å². The quantitative estimate of drug-likeness (QED) is 0.426. The minimum atomic E-state index is -4.44. The molecule has 0 spiro atoms. The zero-order chi connectivity index (χ0) is 20.6. The normalized spacial score (nSPS) is 15.5. The Hall–Kier alpha value is -3.61. The Morgan fingerprint density at radius 1 is 0.966 bits per heavy atom. The van der Waals surface area contributed by atoms with Crippen LogP contribution in [0.25, 0.3) is 17.4 Å². The number of hydrogen-bond acceptors (Lipinski definition) is 4. The summed E-state index contributed by atoms with van der Waals surface area (Å²) < 4.78 is 49.5. The Morgan fingerprint density at radius 3 is 2.48 bits per heavy atom. The van der Waals surface area contributed by atoms with Crippen molar-refractivity contribution < 1.29 is 27.1 Å². The van der Waals surface area contributed by atoms with Crippen molar-refractivity contribution in [2.45, 2.75) is 13.1 Å². The van der Waals surface area contributed by atoms with E-state index in [1.54, 1.807) is 12.1 Å². The summed E-state index contributed by atoms with van der Waals surface area (Å²) in [6.45, 7) is 1.91. The summed E-state index contributed by atoms with van der Waals surface area (Å²) in [6, 6.07) is 15.3. The standard InChI is InChI=1S/C22H14F3NO3/c1-13-4-2-6-15(10-13)20-26-18(21(27)29-20)12-17-8-9-19(28-17)14-5-3-7-16(11-14)22(23,24)25/h2-12H,1H3. The molecule has 1 aliphatic heterocycles. The average molecular weight is 397 g/mol. The van der Waals surface area contributed by atoms with Gasteiger partial charge in [0, 0.05) is 17.2 Å². The van der Waals surface area contributed by atoms with Gasteiger partial charge in [-0.2, -0.15) is 13.2 Å². The monoisotopic (exact) mass is 397 g/mol. The third kappa shape index (κ3) is 3.99. The fraction of sp³-hybridized carbons (Fsp3) is 0.0909. The van der Waals surface area contributed by atoms with Crippen LogP contribution in [0.5, 0.6) is 0 Å². The number of cyclic esters (lactones) is 1. The second-order valence-corrected chi connectivity index (χ2v) is 6.49. The largest absolute Gasteiger partial charge is 0.457 e. The molecule has 0 aliphatic carbocycles. The number of carbonyl (C=O) groups excluding carboxylic acids is 1. The Balaban J connectivity index is 1.62. The van der Waals surface area contributed by atoms with Crippen LogP contribution >= 0.6 is 0 Å². The molecule has 0 bridgehead atoms. The molecule has 0 fully saturated rings. The maximum atomic E-state index is 12.9. The molecule has 0 N–H and O–H groups in total. The van der Waals surface area contributed by atoms with Crippen LogP contribution in [-0.4, -0.2) is 11.9 Å². The molecule has 0 radical (unpaired) electrons. The van der Waals surface area contributed by atoms with Gasteiger partial charge in [-0.3, -0.25) is 0 Å². The number of hydrogen-bond donors (Lipinski definition) is 0. The molecule has 1 aromatic heterocycles. The summed E-state index contributed by atoms with van der Waals surface area (Å²) in [7, 11) is 0. The number of aryl methyl sites for hydroxylation is 1. The van der Waals surface area contributed by atoms with Crippen LogP contribution in [0, 0.1) is 6.92 Å². The highest BCUT2D eigenvalue weighted by atomic mass is 19.4.